The molecular formula is C11H15N2+. The first-order valence-corrected chi connectivity index (χ1v) is 4.55. The third-order valence-electron chi connectivity index (χ3n) is 2.26. The fourth-order valence-electron chi connectivity index (χ4n) is 1.69. The Balaban J connectivity index is 2.26. The van der Waals surface area contributed by atoms with E-state index in [9.17, 15) is 0 Å². The van der Waals surface area contributed by atoms with E-state index in [0.29, 0.717) is 0 Å². The van der Waals surface area contributed by atoms with Crippen molar-refractivity contribution >= 4 is 11.3 Å². The van der Waals surface area contributed by atoms with Gasteiger partial charge in [-0.05, 0) is 20.2 Å². The molecule has 68 valence electrons. The van der Waals surface area contributed by atoms with Gasteiger partial charge in [-0.1, -0.05) is 12.1 Å². The molecule has 13 heavy (non-hydrogen) atoms. The highest BCUT2D eigenvalue weighted by Crippen LogP contribution is 2.23. The van der Waals surface area contributed by atoms with Crippen LogP contribution in [0.3, 0.4) is 0 Å². The standard InChI is InChI=1S/C11H14N2/c1-13(2)8-9-7-12-11-6-4-3-5-10(9)11/h3-7,12H,8H2,1-2H3/p+1. The van der Waals surface area contributed by atoms with E-state index in [0.717, 1.165) is 6.54 Å². The summed E-state index contributed by atoms with van der Waals surface area (Å²) in [6.07, 6.45) is 2.21. The molecular weight excluding hydrogens is 160 g/mol. The van der Waals surface area contributed by atoms with Crippen molar-refractivity contribution in [2.45, 2.75) is 0 Å². The molecule has 0 saturated carbocycles. The maximum Gasteiger partial charge on any atom is 0.141 e. The van der Waals surface area contributed by atoms with Gasteiger partial charge in [0.15, 0.2) is 0 Å². The summed E-state index contributed by atoms with van der Waals surface area (Å²) in [4.78, 5) is 2.20. The lowest BCUT2D eigenvalue weighted by Crippen LogP contribution is -2.69. The molecule has 0 aromatic heterocycles. The molecule has 0 radical (unpaired) electrons. The Bertz CT molecular complexity index is 340. The highest BCUT2D eigenvalue weighted by Gasteiger charge is 2.17. The van der Waals surface area contributed by atoms with Crippen LogP contribution in [0.15, 0.2) is 30.5 Å². The zero-order valence-corrected chi connectivity index (χ0v) is 8.12. The van der Waals surface area contributed by atoms with Gasteiger partial charge in [0.05, 0.1) is 0 Å². The number of hydrogen-bond acceptors (Lipinski definition) is 1. The maximum atomic E-state index is 2.21. The Kier molecular flexibility index (Phi) is 2.17. The molecule has 0 spiro atoms. The highest BCUT2D eigenvalue weighted by molar-refractivity contribution is 5.75. The largest absolute Gasteiger partial charge is 0.305 e. The molecule has 2 rings (SSSR count). The second-order valence-corrected chi connectivity index (χ2v) is 3.68. The smallest absolute Gasteiger partial charge is 0.141 e. The lowest BCUT2D eigenvalue weighted by molar-refractivity contribution is -0.491. The summed E-state index contributed by atoms with van der Waals surface area (Å²) in [5.41, 5.74) is 4.15. The Morgan fingerprint density at radius 3 is 2.77 bits per heavy atom. The van der Waals surface area contributed by atoms with Gasteiger partial charge in [-0.25, -0.2) is 0 Å². The molecule has 2 heteroatoms. The minimum Gasteiger partial charge on any atom is -0.305 e. The molecule has 0 saturated heterocycles. The van der Waals surface area contributed by atoms with Crippen LogP contribution in [-0.4, -0.2) is 25.5 Å². The Labute approximate surface area is 78.9 Å². The molecule has 0 bridgehead atoms. The lowest BCUT2D eigenvalue weighted by Gasteiger charge is -2.08. The fraction of sp³-hybridized carbons (Fsp3) is 0.273. The van der Waals surface area contributed by atoms with E-state index in [2.05, 4.69) is 54.8 Å². The molecule has 0 atom stereocenters. The van der Waals surface area contributed by atoms with E-state index in [1.54, 1.807) is 0 Å². The van der Waals surface area contributed by atoms with Crippen LogP contribution in [0.2, 0.25) is 0 Å². The number of quaternary nitrogens is 1. The molecule has 2 nitrogen and oxygen atoms in total. The van der Waals surface area contributed by atoms with Crippen molar-refractivity contribution in [1.29, 1.82) is 0 Å². The van der Waals surface area contributed by atoms with Gasteiger partial charge in [0.2, 0.25) is 0 Å². The summed E-state index contributed by atoms with van der Waals surface area (Å²) in [6, 6.07) is 8.53. The lowest BCUT2D eigenvalue weighted by atomic mass is 10.1. The second-order valence-electron chi connectivity index (χ2n) is 3.68. The first kappa shape index (κ1) is 8.48. The van der Waals surface area contributed by atoms with Crippen LogP contribution in [0.5, 0.6) is 0 Å². The third kappa shape index (κ3) is 1.64. The van der Waals surface area contributed by atoms with Crippen molar-refractivity contribution in [1.82, 2.24) is 4.90 Å². The minimum atomic E-state index is 1.02. The van der Waals surface area contributed by atoms with Gasteiger partial charge in [0.25, 0.3) is 0 Å². The van der Waals surface area contributed by atoms with Gasteiger partial charge >= 0.3 is 0 Å². The molecule has 0 fully saturated rings. The summed E-state index contributed by atoms with van der Waals surface area (Å²) in [5, 5.41) is 2.19. The average molecular weight is 175 g/mol. The van der Waals surface area contributed by atoms with E-state index in [4.69, 9.17) is 0 Å². The average Bonchev–Trinajstić information content (AvgIpc) is 2.48. The molecule has 1 aliphatic rings. The maximum absolute atomic E-state index is 2.21. The van der Waals surface area contributed by atoms with Crippen molar-refractivity contribution in [3.63, 3.8) is 0 Å². The van der Waals surface area contributed by atoms with Crippen molar-refractivity contribution in [2.24, 2.45) is 0 Å². The number of benzene rings is 1. The van der Waals surface area contributed by atoms with Crippen LogP contribution < -0.4 is 5.32 Å². The topological polar surface area (TPSA) is 19.9 Å². The summed E-state index contributed by atoms with van der Waals surface area (Å²) < 4.78 is 0. The Hall–Kier alpha value is -1.12. The molecule has 0 aliphatic carbocycles. The normalized spacial score (nSPS) is 14.5. The fourth-order valence-corrected chi connectivity index (χ4v) is 1.69. The van der Waals surface area contributed by atoms with Gasteiger partial charge in [-0.15, -0.1) is 0 Å². The van der Waals surface area contributed by atoms with E-state index >= 15 is 0 Å². The number of rotatable bonds is 2. The first-order valence-electron chi connectivity index (χ1n) is 4.55. The number of nitrogens with two attached hydrogens (primary N) is 1. The zero-order chi connectivity index (χ0) is 9.26. The minimum absolute atomic E-state index is 1.02. The van der Waals surface area contributed by atoms with Gasteiger partial charge in [0.1, 0.15) is 11.9 Å². The van der Waals surface area contributed by atoms with E-state index < -0.39 is 0 Å². The SMILES string of the molecule is CN(C)CC1=C[NH2+]c2ccccc21. The summed E-state index contributed by atoms with van der Waals surface area (Å²) in [5.74, 6) is 0. The quantitative estimate of drug-likeness (QED) is 0.659. The van der Waals surface area contributed by atoms with Crippen LogP contribution in [0, 0.1) is 0 Å². The number of likely N-dealkylation sites (N-methyl/N-ethyl adjacent to an activating group) is 1. The van der Waals surface area contributed by atoms with Gasteiger partial charge in [-0.2, -0.15) is 0 Å². The predicted octanol–water partition coefficient (Wildman–Crippen LogP) is 0.798. The number of nitrogens with zero attached hydrogens (tertiary/aromatic N) is 1. The van der Waals surface area contributed by atoms with Crippen LogP contribution in [0.1, 0.15) is 5.56 Å². The monoisotopic (exact) mass is 175 g/mol. The number of hydrogen-bond donors (Lipinski definition) is 1. The molecule has 1 aliphatic heterocycles. The van der Waals surface area contributed by atoms with E-state index in [1.165, 1.54) is 16.8 Å². The summed E-state index contributed by atoms with van der Waals surface area (Å²) in [6.45, 7) is 1.02. The van der Waals surface area contributed by atoms with Crippen molar-refractivity contribution < 1.29 is 5.32 Å². The Morgan fingerprint density at radius 2 is 2.00 bits per heavy atom. The molecule has 1 aromatic rings. The first-order chi connectivity index (χ1) is 6.27. The highest BCUT2D eigenvalue weighted by atomic mass is 15.1. The number of para-hydroxylation sites is 1. The number of fused-ring (bicyclic) bond motifs is 1. The van der Waals surface area contributed by atoms with Crippen molar-refractivity contribution in [2.75, 3.05) is 20.6 Å². The second kappa shape index (κ2) is 3.32. The predicted molar refractivity (Wildman–Crippen MR) is 54.6 cm³/mol. The molecule has 1 aromatic carbocycles. The summed E-state index contributed by atoms with van der Waals surface area (Å²) in [7, 11) is 4.20. The molecule has 2 N–H and O–H groups in total. The van der Waals surface area contributed by atoms with Crippen molar-refractivity contribution in [3.05, 3.63) is 36.0 Å². The third-order valence-corrected chi connectivity index (χ3v) is 2.26. The van der Waals surface area contributed by atoms with Crippen molar-refractivity contribution in [3.8, 4) is 0 Å². The Morgan fingerprint density at radius 1 is 1.23 bits per heavy atom. The summed E-state index contributed by atoms with van der Waals surface area (Å²) >= 11 is 0. The van der Waals surface area contributed by atoms with Crippen LogP contribution >= 0.6 is 0 Å². The van der Waals surface area contributed by atoms with E-state index in [1.807, 2.05) is 0 Å². The van der Waals surface area contributed by atoms with Crippen LogP contribution in [-0.2, 0) is 0 Å². The zero-order valence-electron chi connectivity index (χ0n) is 8.12. The molecule has 0 amide bonds. The molecule has 0 unspecified atom stereocenters. The van der Waals surface area contributed by atoms with Gasteiger partial charge in [-0.3, -0.25) is 5.32 Å². The molecule has 1 heterocycles. The van der Waals surface area contributed by atoms with Gasteiger partial charge in [0, 0.05) is 23.7 Å². The van der Waals surface area contributed by atoms with E-state index in [-0.39, 0.29) is 0 Å². The van der Waals surface area contributed by atoms with Crippen LogP contribution in [0.4, 0.5) is 5.69 Å². The van der Waals surface area contributed by atoms with Crippen LogP contribution in [0.25, 0.3) is 5.57 Å². The van der Waals surface area contributed by atoms with Gasteiger partial charge < -0.3 is 4.90 Å².